The summed E-state index contributed by atoms with van der Waals surface area (Å²) in [4.78, 5) is 13.1. The van der Waals surface area contributed by atoms with Gasteiger partial charge in [0.25, 0.3) is 15.9 Å². The molecule has 10 heteroatoms. The van der Waals surface area contributed by atoms with E-state index in [2.05, 4.69) is 5.32 Å². The summed E-state index contributed by atoms with van der Waals surface area (Å²) < 4.78 is 44.0. The molecular formula is C23H26N2O6S2. The van der Waals surface area contributed by atoms with Gasteiger partial charge in [-0.15, -0.1) is 11.3 Å². The van der Waals surface area contributed by atoms with Crippen LogP contribution in [0.4, 0.5) is 0 Å². The quantitative estimate of drug-likeness (QED) is 0.547. The van der Waals surface area contributed by atoms with Crippen molar-refractivity contribution in [2.75, 3.05) is 32.9 Å². The second-order valence-electron chi connectivity index (χ2n) is 8.17. The Bertz CT molecular complexity index is 1260. The van der Waals surface area contributed by atoms with E-state index in [0.717, 1.165) is 47.3 Å². The second-order valence-corrected chi connectivity index (χ2v) is 11.5. The number of nitrogens with zero attached hydrogens (tertiary/aromatic N) is 1. The van der Waals surface area contributed by atoms with Gasteiger partial charge in [0.15, 0.2) is 6.61 Å². The van der Waals surface area contributed by atoms with E-state index in [1.165, 1.54) is 21.2 Å². The number of amides is 1. The number of ether oxygens (including phenoxy) is 2. The molecule has 1 N–H and O–H groups in total. The molecule has 3 aromatic rings. The van der Waals surface area contributed by atoms with Crippen LogP contribution < -0.4 is 10.1 Å². The normalized spacial score (nSPS) is 17.1. The van der Waals surface area contributed by atoms with Crippen molar-refractivity contribution < 1.29 is 27.1 Å². The highest BCUT2D eigenvalue weighted by atomic mass is 32.2. The lowest BCUT2D eigenvalue weighted by Gasteiger charge is -2.25. The van der Waals surface area contributed by atoms with Crippen molar-refractivity contribution in [1.29, 1.82) is 0 Å². The third-order valence-corrected chi connectivity index (χ3v) is 9.41. The van der Waals surface area contributed by atoms with Gasteiger partial charge in [0, 0.05) is 35.3 Å². The molecule has 176 valence electrons. The van der Waals surface area contributed by atoms with Crippen LogP contribution in [0.25, 0.3) is 11.0 Å². The Balaban J connectivity index is 1.15. The van der Waals surface area contributed by atoms with E-state index < -0.39 is 10.0 Å². The number of fused-ring (bicyclic) bond motifs is 3. The summed E-state index contributed by atoms with van der Waals surface area (Å²) in [5.41, 5.74) is 2.12. The second kappa shape index (κ2) is 9.46. The summed E-state index contributed by atoms with van der Waals surface area (Å²) in [6.45, 7) is 1.66. The van der Waals surface area contributed by atoms with Crippen LogP contribution >= 0.6 is 11.3 Å². The molecule has 2 aromatic heterocycles. The molecule has 0 unspecified atom stereocenters. The van der Waals surface area contributed by atoms with E-state index in [4.69, 9.17) is 13.9 Å². The lowest BCUT2D eigenvalue weighted by Crippen LogP contribution is -2.40. The van der Waals surface area contributed by atoms with E-state index >= 15 is 0 Å². The summed E-state index contributed by atoms with van der Waals surface area (Å²) in [6.07, 6.45) is 4.30. The number of rotatable bonds is 7. The van der Waals surface area contributed by atoms with Crippen LogP contribution in [0.5, 0.6) is 5.75 Å². The molecule has 8 nitrogen and oxygen atoms in total. The number of nitrogens with one attached hydrogen (secondary N) is 1. The van der Waals surface area contributed by atoms with Gasteiger partial charge in [0.1, 0.15) is 21.3 Å². The number of morpholine rings is 1. The van der Waals surface area contributed by atoms with Gasteiger partial charge in [0.2, 0.25) is 0 Å². The summed E-state index contributed by atoms with van der Waals surface area (Å²) in [7, 11) is -3.52. The molecule has 1 aliphatic carbocycles. The first kappa shape index (κ1) is 22.4. The molecular weight excluding hydrogens is 464 g/mol. The van der Waals surface area contributed by atoms with E-state index in [-0.39, 0.29) is 23.3 Å². The molecule has 0 saturated carbocycles. The van der Waals surface area contributed by atoms with Crippen molar-refractivity contribution in [1.82, 2.24) is 9.62 Å². The number of hydrogen-bond donors (Lipinski definition) is 1. The average Bonchev–Trinajstić information content (AvgIpc) is 3.47. The van der Waals surface area contributed by atoms with Crippen molar-refractivity contribution >= 4 is 38.2 Å². The van der Waals surface area contributed by atoms with Crippen LogP contribution in [-0.2, 0) is 38.9 Å². The smallest absolute Gasteiger partial charge is 0.258 e. The van der Waals surface area contributed by atoms with Gasteiger partial charge in [-0.25, -0.2) is 8.42 Å². The SMILES string of the molecule is O=C(COc1ccc2oc3c(c2c1)CCCC3)NCc1ccc(S(=O)(=O)N2CCOCC2)s1. The maximum Gasteiger partial charge on any atom is 0.258 e. The Morgan fingerprint density at radius 2 is 1.94 bits per heavy atom. The zero-order chi connectivity index (χ0) is 22.8. The van der Waals surface area contributed by atoms with Gasteiger partial charge in [-0.2, -0.15) is 4.31 Å². The average molecular weight is 491 g/mol. The maximum absolute atomic E-state index is 12.7. The third-order valence-electron chi connectivity index (χ3n) is 5.96. The number of furan rings is 1. The van der Waals surface area contributed by atoms with Crippen LogP contribution in [-0.4, -0.2) is 51.5 Å². The highest BCUT2D eigenvalue weighted by molar-refractivity contribution is 7.91. The fourth-order valence-corrected chi connectivity index (χ4v) is 7.08. The minimum Gasteiger partial charge on any atom is -0.484 e. The summed E-state index contributed by atoms with van der Waals surface area (Å²) >= 11 is 1.17. The van der Waals surface area contributed by atoms with E-state index in [9.17, 15) is 13.2 Å². The highest BCUT2D eigenvalue weighted by Gasteiger charge is 2.27. The summed E-state index contributed by atoms with van der Waals surface area (Å²) in [5.74, 6) is 1.43. The molecule has 1 saturated heterocycles. The number of benzene rings is 1. The minimum absolute atomic E-state index is 0.115. The molecule has 0 atom stereocenters. The minimum atomic E-state index is -3.52. The monoisotopic (exact) mass is 490 g/mol. The predicted octanol–water partition coefficient (Wildman–Crippen LogP) is 3.09. The van der Waals surface area contributed by atoms with Crippen LogP contribution in [0.2, 0.25) is 0 Å². The molecule has 1 aromatic carbocycles. The first-order valence-corrected chi connectivity index (χ1v) is 13.4. The standard InChI is InChI=1S/C23H26N2O6S2/c26-22(15-30-16-5-7-21-19(13-16)18-3-1-2-4-20(18)31-21)24-14-17-6-8-23(32-17)33(27,28)25-9-11-29-12-10-25/h5-8,13H,1-4,9-12,14-15H2,(H,24,26). The molecule has 3 heterocycles. The van der Waals surface area contributed by atoms with Crippen LogP contribution in [0.3, 0.4) is 0 Å². The Morgan fingerprint density at radius 3 is 2.79 bits per heavy atom. The third kappa shape index (κ3) is 4.79. The topological polar surface area (TPSA) is 98.1 Å². The van der Waals surface area contributed by atoms with Crippen LogP contribution in [0, 0.1) is 0 Å². The summed E-state index contributed by atoms with van der Waals surface area (Å²) in [6, 6.07) is 8.97. The Morgan fingerprint density at radius 1 is 1.12 bits per heavy atom. The molecule has 0 bridgehead atoms. The molecule has 5 rings (SSSR count). The highest BCUT2D eigenvalue weighted by Crippen LogP contribution is 2.34. The zero-order valence-electron chi connectivity index (χ0n) is 18.2. The van der Waals surface area contributed by atoms with Gasteiger partial charge in [-0.05, 0) is 49.6 Å². The first-order chi connectivity index (χ1) is 16.0. The van der Waals surface area contributed by atoms with E-state index in [1.807, 2.05) is 18.2 Å². The van der Waals surface area contributed by atoms with Crippen molar-refractivity contribution in [3.63, 3.8) is 0 Å². The van der Waals surface area contributed by atoms with Crippen LogP contribution in [0.1, 0.15) is 29.0 Å². The van der Waals surface area contributed by atoms with Crippen molar-refractivity contribution in [2.45, 2.75) is 36.4 Å². The lowest BCUT2D eigenvalue weighted by molar-refractivity contribution is -0.123. The molecule has 0 radical (unpaired) electrons. The summed E-state index contributed by atoms with van der Waals surface area (Å²) in [5, 5.41) is 3.86. The van der Waals surface area contributed by atoms with Gasteiger partial charge >= 0.3 is 0 Å². The fraction of sp³-hybridized carbons (Fsp3) is 0.435. The van der Waals surface area contributed by atoms with Crippen molar-refractivity contribution in [3.8, 4) is 5.75 Å². The van der Waals surface area contributed by atoms with E-state index in [1.54, 1.807) is 12.1 Å². The Labute approximate surface area is 196 Å². The van der Waals surface area contributed by atoms with Crippen molar-refractivity contribution in [2.24, 2.45) is 0 Å². The number of hydrogen-bond acceptors (Lipinski definition) is 7. The molecule has 2 aliphatic rings. The molecule has 1 aliphatic heterocycles. The zero-order valence-corrected chi connectivity index (χ0v) is 19.8. The Hall–Kier alpha value is -2.40. The number of aryl methyl sites for hydroxylation is 2. The number of sulfonamides is 1. The van der Waals surface area contributed by atoms with Crippen LogP contribution in [0.15, 0.2) is 39.0 Å². The molecule has 1 fully saturated rings. The lowest BCUT2D eigenvalue weighted by atomic mass is 9.96. The van der Waals surface area contributed by atoms with Gasteiger partial charge in [-0.3, -0.25) is 4.79 Å². The molecule has 0 spiro atoms. The maximum atomic E-state index is 12.7. The van der Waals surface area contributed by atoms with Crippen molar-refractivity contribution in [3.05, 3.63) is 46.5 Å². The Kier molecular flexibility index (Phi) is 6.42. The largest absolute Gasteiger partial charge is 0.484 e. The fourth-order valence-electron chi connectivity index (χ4n) is 4.22. The van der Waals surface area contributed by atoms with Gasteiger partial charge < -0.3 is 19.2 Å². The molecule has 33 heavy (non-hydrogen) atoms. The number of carbonyl (C=O) groups excluding carboxylic acids is 1. The van der Waals surface area contributed by atoms with E-state index in [0.29, 0.717) is 32.1 Å². The molecule has 1 amide bonds. The predicted molar refractivity (Wildman–Crippen MR) is 124 cm³/mol. The van der Waals surface area contributed by atoms with Gasteiger partial charge in [-0.1, -0.05) is 0 Å². The number of thiophene rings is 1. The number of carbonyl (C=O) groups is 1. The first-order valence-electron chi connectivity index (χ1n) is 11.1. The van der Waals surface area contributed by atoms with Gasteiger partial charge in [0.05, 0.1) is 19.8 Å².